The van der Waals surface area contributed by atoms with Crippen LogP contribution in [0.15, 0.2) is 84.0 Å². The summed E-state index contributed by atoms with van der Waals surface area (Å²) in [5, 5.41) is 3.30. The number of benzene rings is 2. The average molecular weight is 544 g/mol. The van der Waals surface area contributed by atoms with Crippen LogP contribution in [-0.2, 0) is 4.74 Å². The minimum atomic E-state index is -0.716. The average Bonchev–Trinajstić information content (AvgIpc) is 3.46. The molecule has 1 amide bonds. The summed E-state index contributed by atoms with van der Waals surface area (Å²) >= 11 is 0. The van der Waals surface area contributed by atoms with Crippen molar-refractivity contribution in [3.8, 4) is 17.2 Å². The first kappa shape index (κ1) is 25.3. The molecule has 3 aromatic heterocycles. The van der Waals surface area contributed by atoms with Crippen LogP contribution in [0.4, 0.5) is 20.2 Å². The van der Waals surface area contributed by atoms with E-state index in [1.54, 1.807) is 30.7 Å². The Labute approximate surface area is 226 Å². The summed E-state index contributed by atoms with van der Waals surface area (Å²) in [4.78, 5) is 35.9. The smallest absolute Gasteiger partial charge is 0.268 e. The van der Waals surface area contributed by atoms with Crippen molar-refractivity contribution in [2.45, 2.75) is 0 Å². The minimum absolute atomic E-state index is 0.0420. The van der Waals surface area contributed by atoms with Gasteiger partial charge < -0.3 is 24.7 Å². The van der Waals surface area contributed by atoms with E-state index < -0.39 is 23.1 Å². The number of pyridine rings is 2. The quantitative estimate of drug-likeness (QED) is 0.317. The molecular formula is C29H23F2N5O4. The number of fused-ring (bicyclic) bond motifs is 1. The summed E-state index contributed by atoms with van der Waals surface area (Å²) in [6.45, 7) is 2.14. The molecule has 9 nitrogen and oxygen atoms in total. The zero-order chi connectivity index (χ0) is 27.6. The van der Waals surface area contributed by atoms with Crippen molar-refractivity contribution in [1.29, 1.82) is 0 Å². The van der Waals surface area contributed by atoms with Crippen LogP contribution in [0.1, 0.15) is 10.4 Å². The molecule has 40 heavy (non-hydrogen) atoms. The molecule has 11 heteroatoms. The maximum Gasteiger partial charge on any atom is 0.268 e. The number of hydrogen-bond acceptors (Lipinski definition) is 6. The van der Waals surface area contributed by atoms with Crippen molar-refractivity contribution >= 4 is 28.3 Å². The van der Waals surface area contributed by atoms with E-state index in [-0.39, 0.29) is 17.0 Å². The fourth-order valence-electron chi connectivity index (χ4n) is 4.52. The molecule has 5 aromatic rings. The molecule has 0 aliphatic carbocycles. The number of nitrogens with zero attached hydrogens (tertiary/aromatic N) is 3. The van der Waals surface area contributed by atoms with Crippen molar-refractivity contribution in [2.75, 3.05) is 36.5 Å². The number of carbonyl (C=O) groups is 1. The lowest BCUT2D eigenvalue weighted by molar-refractivity contribution is 0.102. The van der Waals surface area contributed by atoms with E-state index in [9.17, 15) is 14.0 Å². The maximum atomic E-state index is 15.0. The standard InChI is InChI=1S/C29H23F2N5O4/c30-18-1-4-20(5-2-18)36-17-21(35-11-13-39-14-12-35)16-23(29(36)38)28(37)34-19-3-6-26(24(31)15-19)40-25-8-10-33-27-22(25)7-9-32-27/h1-10,15-17H,11-14H2,(H,32,33)(H,34,37). The normalized spacial score (nSPS) is 13.4. The molecular weight excluding hydrogens is 520 g/mol. The largest absolute Gasteiger partial charge is 0.453 e. The lowest BCUT2D eigenvalue weighted by atomic mass is 10.2. The molecule has 0 spiro atoms. The summed E-state index contributed by atoms with van der Waals surface area (Å²) in [6.07, 6.45) is 4.87. The van der Waals surface area contributed by atoms with Crippen molar-refractivity contribution in [2.24, 2.45) is 0 Å². The summed E-state index contributed by atoms with van der Waals surface area (Å²) in [5.41, 5.74) is 1.01. The monoisotopic (exact) mass is 543 g/mol. The summed E-state index contributed by atoms with van der Waals surface area (Å²) in [5.74, 6) is -1.49. The van der Waals surface area contributed by atoms with E-state index in [1.165, 1.54) is 47.0 Å². The minimum Gasteiger partial charge on any atom is -0.453 e. The highest BCUT2D eigenvalue weighted by Gasteiger charge is 2.20. The summed E-state index contributed by atoms with van der Waals surface area (Å²) in [7, 11) is 0. The van der Waals surface area contributed by atoms with Crippen molar-refractivity contribution in [3.05, 3.63) is 107 Å². The van der Waals surface area contributed by atoms with Crippen molar-refractivity contribution in [3.63, 3.8) is 0 Å². The highest BCUT2D eigenvalue weighted by Crippen LogP contribution is 2.31. The molecule has 0 unspecified atom stereocenters. The molecule has 1 aliphatic heterocycles. The number of amides is 1. The number of carbonyl (C=O) groups excluding carboxylic acids is 1. The lowest BCUT2D eigenvalue weighted by Gasteiger charge is -2.29. The molecule has 2 N–H and O–H groups in total. The first-order valence-electron chi connectivity index (χ1n) is 12.5. The predicted molar refractivity (Wildman–Crippen MR) is 146 cm³/mol. The first-order valence-corrected chi connectivity index (χ1v) is 12.5. The third-order valence-corrected chi connectivity index (χ3v) is 6.56. The van der Waals surface area contributed by atoms with Gasteiger partial charge in [0.1, 0.15) is 22.8 Å². The fraction of sp³-hybridized carbons (Fsp3) is 0.138. The molecule has 4 heterocycles. The van der Waals surface area contributed by atoms with Crippen LogP contribution in [0.3, 0.4) is 0 Å². The van der Waals surface area contributed by atoms with Gasteiger partial charge in [0.15, 0.2) is 11.6 Å². The van der Waals surface area contributed by atoms with Gasteiger partial charge in [0.05, 0.1) is 24.3 Å². The third-order valence-electron chi connectivity index (χ3n) is 6.56. The number of nitrogens with one attached hydrogen (secondary N) is 2. The van der Waals surface area contributed by atoms with Crippen LogP contribution < -0.4 is 20.5 Å². The number of aromatic amines is 1. The highest BCUT2D eigenvalue weighted by atomic mass is 19.1. The fourth-order valence-corrected chi connectivity index (χ4v) is 4.52. The zero-order valence-electron chi connectivity index (χ0n) is 21.1. The van der Waals surface area contributed by atoms with Gasteiger partial charge in [-0.15, -0.1) is 0 Å². The molecule has 202 valence electrons. The molecule has 0 atom stereocenters. The van der Waals surface area contributed by atoms with E-state index >= 15 is 4.39 Å². The zero-order valence-corrected chi connectivity index (χ0v) is 21.1. The predicted octanol–water partition coefficient (Wildman–Crippen LogP) is 4.87. The molecule has 1 saturated heterocycles. The number of anilines is 2. The lowest BCUT2D eigenvalue weighted by Crippen LogP contribution is -2.38. The second-order valence-corrected chi connectivity index (χ2v) is 9.11. The summed E-state index contributed by atoms with van der Waals surface area (Å²) < 4.78 is 41.0. The van der Waals surface area contributed by atoms with Gasteiger partial charge in [0.2, 0.25) is 0 Å². The van der Waals surface area contributed by atoms with E-state index in [0.29, 0.717) is 54.5 Å². The van der Waals surface area contributed by atoms with Crippen LogP contribution >= 0.6 is 0 Å². The molecule has 2 aromatic carbocycles. The molecule has 1 aliphatic rings. The second-order valence-electron chi connectivity index (χ2n) is 9.11. The SMILES string of the molecule is O=C(Nc1ccc(Oc2ccnc3[nH]ccc23)c(F)c1)c1cc(N2CCOCC2)cn(-c2ccc(F)cc2)c1=O. The third kappa shape index (κ3) is 5.02. The first-order chi connectivity index (χ1) is 19.5. The Morgan fingerprint density at radius 3 is 2.55 bits per heavy atom. The van der Waals surface area contributed by atoms with Gasteiger partial charge in [0, 0.05) is 49.1 Å². The van der Waals surface area contributed by atoms with Gasteiger partial charge in [-0.25, -0.2) is 13.8 Å². The van der Waals surface area contributed by atoms with E-state index in [2.05, 4.69) is 15.3 Å². The number of morpholine rings is 1. The van der Waals surface area contributed by atoms with Crippen LogP contribution in [0.2, 0.25) is 0 Å². The second kappa shape index (κ2) is 10.6. The van der Waals surface area contributed by atoms with Crippen LogP contribution in [0.25, 0.3) is 16.7 Å². The van der Waals surface area contributed by atoms with Crippen LogP contribution in [0, 0.1) is 11.6 Å². The topological polar surface area (TPSA) is 101 Å². The number of halogens is 2. The van der Waals surface area contributed by atoms with Gasteiger partial charge in [-0.3, -0.25) is 14.2 Å². The van der Waals surface area contributed by atoms with E-state index in [0.717, 1.165) is 6.07 Å². The number of ether oxygens (including phenoxy) is 2. The Kier molecular flexibility index (Phi) is 6.71. The molecule has 0 radical (unpaired) electrons. The van der Waals surface area contributed by atoms with Gasteiger partial charge in [-0.2, -0.15) is 0 Å². The maximum absolute atomic E-state index is 15.0. The van der Waals surface area contributed by atoms with E-state index in [4.69, 9.17) is 9.47 Å². The molecule has 6 rings (SSSR count). The number of hydrogen-bond donors (Lipinski definition) is 2. The Hall–Kier alpha value is -5.03. The summed E-state index contributed by atoms with van der Waals surface area (Å²) in [6, 6.07) is 14.3. The molecule has 0 saturated carbocycles. The Balaban J connectivity index is 1.29. The Morgan fingerprint density at radius 2 is 1.77 bits per heavy atom. The van der Waals surface area contributed by atoms with Gasteiger partial charge in [-0.05, 0) is 54.6 Å². The number of rotatable bonds is 6. The Morgan fingerprint density at radius 1 is 0.975 bits per heavy atom. The number of aromatic nitrogens is 3. The van der Waals surface area contributed by atoms with E-state index in [1.807, 2.05) is 4.90 Å². The van der Waals surface area contributed by atoms with Crippen molar-refractivity contribution < 1.29 is 23.0 Å². The van der Waals surface area contributed by atoms with Crippen molar-refractivity contribution in [1.82, 2.24) is 14.5 Å². The number of H-pyrrole nitrogens is 1. The van der Waals surface area contributed by atoms with Crippen LogP contribution in [-0.4, -0.2) is 46.7 Å². The molecule has 1 fully saturated rings. The van der Waals surface area contributed by atoms with Crippen LogP contribution in [0.5, 0.6) is 11.5 Å². The molecule has 0 bridgehead atoms. The highest BCUT2D eigenvalue weighted by molar-refractivity contribution is 6.04. The van der Waals surface area contributed by atoms with Gasteiger partial charge in [-0.1, -0.05) is 0 Å². The van der Waals surface area contributed by atoms with Gasteiger partial charge >= 0.3 is 0 Å². The Bertz CT molecular complexity index is 1760. The van der Waals surface area contributed by atoms with Gasteiger partial charge in [0.25, 0.3) is 11.5 Å².